The molecule has 0 radical (unpaired) electrons. The molecule has 0 bridgehead atoms. The second-order valence-corrected chi connectivity index (χ2v) is 3.29. The van der Waals surface area contributed by atoms with E-state index < -0.39 is 11.7 Å². The monoisotopic (exact) mass is 199 g/mol. The molecule has 78 valence electrons. The first-order chi connectivity index (χ1) is 6.50. The Morgan fingerprint density at radius 1 is 1.43 bits per heavy atom. The minimum atomic E-state index is -1.11. The Labute approximate surface area is 80.6 Å². The highest BCUT2D eigenvalue weighted by Crippen LogP contribution is 2.01. The first-order valence-corrected chi connectivity index (χ1v) is 4.20. The topological polar surface area (TPSA) is 89.2 Å². The van der Waals surface area contributed by atoms with E-state index in [1.54, 1.807) is 0 Å². The van der Waals surface area contributed by atoms with Crippen LogP contribution in [0.1, 0.15) is 16.2 Å². The van der Waals surface area contributed by atoms with Gasteiger partial charge in [0.1, 0.15) is 5.69 Å². The summed E-state index contributed by atoms with van der Waals surface area (Å²) in [5, 5.41) is 8.74. The van der Waals surface area contributed by atoms with E-state index in [0.717, 1.165) is 0 Å². The van der Waals surface area contributed by atoms with Crippen molar-refractivity contribution < 1.29 is 9.90 Å². The van der Waals surface area contributed by atoms with E-state index in [4.69, 9.17) is 5.11 Å². The Kier molecular flexibility index (Phi) is 3.08. The fourth-order valence-electron chi connectivity index (χ4n) is 1.13. The zero-order valence-corrected chi connectivity index (χ0v) is 8.13. The molecule has 1 aromatic rings. The van der Waals surface area contributed by atoms with Gasteiger partial charge in [0.2, 0.25) is 0 Å². The minimum Gasteiger partial charge on any atom is -0.477 e. The number of carboxylic acids is 1. The lowest BCUT2D eigenvalue weighted by molar-refractivity contribution is 0.0689. The van der Waals surface area contributed by atoms with Crippen molar-refractivity contribution in [3.63, 3.8) is 0 Å². The number of aromatic carboxylic acids is 1. The SMILES string of the molecule is CN(C)CCc1[nH]c(=O)[nH]c1C(=O)O. The molecule has 0 unspecified atom stereocenters. The van der Waals surface area contributed by atoms with Crippen LogP contribution in [0.3, 0.4) is 0 Å². The number of likely N-dealkylation sites (N-methyl/N-ethyl adjacent to an activating group) is 1. The van der Waals surface area contributed by atoms with Crippen LogP contribution in [0.25, 0.3) is 0 Å². The summed E-state index contributed by atoms with van der Waals surface area (Å²) in [6.07, 6.45) is 0.507. The van der Waals surface area contributed by atoms with Crippen LogP contribution in [0.15, 0.2) is 4.79 Å². The van der Waals surface area contributed by atoms with Gasteiger partial charge >= 0.3 is 11.7 Å². The zero-order chi connectivity index (χ0) is 10.7. The third kappa shape index (κ3) is 2.46. The summed E-state index contributed by atoms with van der Waals surface area (Å²) in [6.45, 7) is 0.689. The molecule has 1 aromatic heterocycles. The second-order valence-electron chi connectivity index (χ2n) is 3.29. The first-order valence-electron chi connectivity index (χ1n) is 4.20. The molecule has 0 aliphatic heterocycles. The number of hydrogen-bond donors (Lipinski definition) is 3. The smallest absolute Gasteiger partial charge is 0.354 e. The summed E-state index contributed by atoms with van der Waals surface area (Å²) in [6, 6.07) is 0. The summed E-state index contributed by atoms with van der Waals surface area (Å²) in [5.41, 5.74) is -0.0794. The number of rotatable bonds is 4. The molecule has 6 nitrogen and oxygen atoms in total. The van der Waals surface area contributed by atoms with Gasteiger partial charge in [-0.2, -0.15) is 0 Å². The highest BCUT2D eigenvalue weighted by molar-refractivity contribution is 5.86. The van der Waals surface area contributed by atoms with Crippen LogP contribution < -0.4 is 5.69 Å². The fourth-order valence-corrected chi connectivity index (χ4v) is 1.13. The van der Waals surface area contributed by atoms with Gasteiger partial charge in [-0.05, 0) is 14.1 Å². The highest BCUT2D eigenvalue weighted by atomic mass is 16.4. The van der Waals surface area contributed by atoms with Gasteiger partial charge in [-0.25, -0.2) is 9.59 Å². The molecule has 0 aliphatic rings. The molecule has 1 heterocycles. The molecular weight excluding hydrogens is 186 g/mol. The van der Waals surface area contributed by atoms with Crippen LogP contribution in [0.4, 0.5) is 0 Å². The van der Waals surface area contributed by atoms with E-state index in [2.05, 4.69) is 9.97 Å². The molecule has 0 amide bonds. The van der Waals surface area contributed by atoms with Crippen molar-refractivity contribution in [3.8, 4) is 0 Å². The van der Waals surface area contributed by atoms with Crippen LogP contribution in [0.2, 0.25) is 0 Å². The predicted octanol–water partition coefficient (Wildman–Crippen LogP) is -0.495. The maximum absolute atomic E-state index is 10.9. The molecule has 0 saturated carbocycles. The zero-order valence-electron chi connectivity index (χ0n) is 8.13. The number of hydrogen-bond acceptors (Lipinski definition) is 3. The Hall–Kier alpha value is -1.56. The maximum atomic E-state index is 10.9. The molecule has 0 fully saturated rings. The second kappa shape index (κ2) is 4.10. The van der Waals surface area contributed by atoms with Gasteiger partial charge in [0, 0.05) is 13.0 Å². The number of H-pyrrole nitrogens is 2. The van der Waals surface area contributed by atoms with Crippen LogP contribution >= 0.6 is 0 Å². The number of nitrogens with one attached hydrogen (secondary N) is 2. The van der Waals surface area contributed by atoms with Crippen LogP contribution in [0, 0.1) is 0 Å². The summed E-state index contributed by atoms with van der Waals surface area (Å²) < 4.78 is 0. The maximum Gasteiger partial charge on any atom is 0.354 e. The fraction of sp³-hybridized carbons (Fsp3) is 0.500. The standard InChI is InChI=1S/C8H13N3O3/c1-11(2)4-3-5-6(7(12)13)10-8(14)9-5/h3-4H2,1-2H3,(H,12,13)(H2,9,10,14). The van der Waals surface area contributed by atoms with Gasteiger partial charge < -0.3 is 15.0 Å². The molecule has 1 rings (SSSR count). The molecule has 0 saturated heterocycles. The van der Waals surface area contributed by atoms with Crippen molar-refractivity contribution in [2.75, 3.05) is 20.6 Å². The summed E-state index contributed by atoms with van der Waals surface area (Å²) >= 11 is 0. The van der Waals surface area contributed by atoms with E-state index in [0.29, 0.717) is 18.7 Å². The minimum absolute atomic E-state index is 0.0446. The number of carbonyl (C=O) groups is 1. The third-order valence-electron chi connectivity index (χ3n) is 1.83. The quantitative estimate of drug-likeness (QED) is 0.610. The number of imidazole rings is 1. The number of aromatic nitrogens is 2. The van der Waals surface area contributed by atoms with Gasteiger partial charge in [0.05, 0.1) is 5.69 Å². The lowest BCUT2D eigenvalue weighted by Gasteiger charge is -2.07. The molecule has 0 aromatic carbocycles. The van der Waals surface area contributed by atoms with Crippen molar-refractivity contribution in [3.05, 3.63) is 21.9 Å². The molecular formula is C8H13N3O3. The van der Waals surface area contributed by atoms with Crippen molar-refractivity contribution in [1.82, 2.24) is 14.9 Å². The van der Waals surface area contributed by atoms with Crippen molar-refractivity contribution in [2.24, 2.45) is 0 Å². The van der Waals surface area contributed by atoms with E-state index in [-0.39, 0.29) is 5.69 Å². The van der Waals surface area contributed by atoms with Gasteiger partial charge in [-0.15, -0.1) is 0 Å². The number of carboxylic acid groups (broad SMARTS) is 1. The molecule has 0 spiro atoms. The van der Waals surface area contributed by atoms with E-state index >= 15 is 0 Å². The summed E-state index contributed by atoms with van der Waals surface area (Å²) in [5.74, 6) is -1.11. The van der Waals surface area contributed by atoms with Crippen molar-refractivity contribution in [2.45, 2.75) is 6.42 Å². The largest absolute Gasteiger partial charge is 0.477 e. The first kappa shape index (κ1) is 10.5. The predicted molar refractivity (Wildman–Crippen MR) is 50.6 cm³/mol. The van der Waals surface area contributed by atoms with Crippen molar-refractivity contribution in [1.29, 1.82) is 0 Å². The molecule has 0 atom stereocenters. The molecule has 6 heteroatoms. The lowest BCUT2D eigenvalue weighted by Crippen LogP contribution is -2.16. The lowest BCUT2D eigenvalue weighted by atomic mass is 10.2. The Morgan fingerprint density at radius 3 is 2.57 bits per heavy atom. The molecule has 14 heavy (non-hydrogen) atoms. The number of nitrogens with zero attached hydrogens (tertiary/aromatic N) is 1. The normalized spacial score (nSPS) is 10.8. The highest BCUT2D eigenvalue weighted by Gasteiger charge is 2.13. The van der Waals surface area contributed by atoms with E-state index in [1.807, 2.05) is 19.0 Å². The van der Waals surface area contributed by atoms with Gasteiger partial charge in [0.25, 0.3) is 0 Å². The molecule has 3 N–H and O–H groups in total. The van der Waals surface area contributed by atoms with Gasteiger partial charge in [-0.1, -0.05) is 0 Å². The molecule has 0 aliphatic carbocycles. The average molecular weight is 199 g/mol. The Balaban J connectivity index is 2.85. The summed E-state index contributed by atoms with van der Waals surface area (Å²) in [7, 11) is 3.76. The van der Waals surface area contributed by atoms with E-state index in [9.17, 15) is 9.59 Å². The van der Waals surface area contributed by atoms with Crippen LogP contribution in [-0.4, -0.2) is 46.6 Å². The Morgan fingerprint density at radius 2 is 2.07 bits per heavy atom. The Bertz CT molecular complexity index is 377. The average Bonchev–Trinajstić information content (AvgIpc) is 2.43. The number of aromatic amines is 2. The summed E-state index contributed by atoms with van der Waals surface area (Å²) in [4.78, 5) is 28.2. The van der Waals surface area contributed by atoms with Gasteiger partial charge in [-0.3, -0.25) is 4.98 Å². The van der Waals surface area contributed by atoms with Gasteiger partial charge in [0.15, 0.2) is 0 Å². The van der Waals surface area contributed by atoms with Crippen LogP contribution in [-0.2, 0) is 6.42 Å². The van der Waals surface area contributed by atoms with Crippen LogP contribution in [0.5, 0.6) is 0 Å². The van der Waals surface area contributed by atoms with Crippen molar-refractivity contribution >= 4 is 5.97 Å². The van der Waals surface area contributed by atoms with E-state index in [1.165, 1.54) is 0 Å². The third-order valence-corrected chi connectivity index (χ3v) is 1.83.